The van der Waals surface area contributed by atoms with Crippen LogP contribution in [-0.2, 0) is 0 Å². The standard InChI is InChI=1S/C22H30.C20H30.2C18H26.4CH4/c1-6-14-20(3)16-10-8-12-18-22(5)19-13-9-11-17-21(4)15-7-2;1-16(2)14-19(6)12-8-10-18(5)11-9-13-20(7)15-17(3)4;2*1-6-10-16(3)12-8-14-18(5)15-9-13-17(4)11-7-2;;;;/h6,8-19H,7H2,1-5H3;8-16H,1-7H3;2*6,8-15H,7H2,1-5H3;4*1H4/b10-8+,13-9+,14-6-,17-11+,18-12+,20-16+,21-15+,22-19+;11-9+,12-8+,18-10+,19-14+,20-13+;2*10-6-,13-9+,14-8+,16-12+,17-11+,18-15+;;;;. The second-order valence-electron chi connectivity index (χ2n) is 19.9. The van der Waals surface area contributed by atoms with Gasteiger partial charge in [0.25, 0.3) is 0 Å². The minimum absolute atomic E-state index is 0. The summed E-state index contributed by atoms with van der Waals surface area (Å²) in [5.41, 5.74) is 16.6. The van der Waals surface area contributed by atoms with Gasteiger partial charge in [-0.3, -0.25) is 0 Å². The van der Waals surface area contributed by atoms with Crippen LogP contribution in [0.15, 0.2) is 309 Å². The predicted molar refractivity (Wildman–Crippen MR) is 393 cm³/mol. The minimum atomic E-state index is 0. The molecule has 0 atom stereocenters. The summed E-state index contributed by atoms with van der Waals surface area (Å²) in [5, 5.41) is 0. The van der Waals surface area contributed by atoms with Crippen LogP contribution in [0.25, 0.3) is 0 Å². The van der Waals surface area contributed by atoms with E-state index in [1.165, 1.54) is 72.5 Å². The third-order valence-corrected chi connectivity index (χ3v) is 10.2. The average Bonchev–Trinajstić information content (AvgIpc) is 3.34. The third kappa shape index (κ3) is 75.3. The van der Waals surface area contributed by atoms with E-state index in [0.717, 1.165) is 19.3 Å². The summed E-state index contributed by atoms with van der Waals surface area (Å²) < 4.78 is 0. The predicted octanol–water partition coefficient (Wildman–Crippen LogP) is 28.0. The maximum Gasteiger partial charge on any atom is -0.0285 e. The maximum atomic E-state index is 2.26. The molecule has 456 valence electrons. The van der Waals surface area contributed by atoms with Gasteiger partial charge in [-0.15, -0.1) is 0 Å². The van der Waals surface area contributed by atoms with Gasteiger partial charge < -0.3 is 0 Å². The van der Waals surface area contributed by atoms with Gasteiger partial charge in [0.1, 0.15) is 0 Å². The van der Waals surface area contributed by atoms with E-state index >= 15 is 0 Å². The first kappa shape index (κ1) is 91.7. The summed E-state index contributed by atoms with van der Waals surface area (Å²) in [6.07, 6.45) is 85.8. The zero-order chi connectivity index (χ0) is 59.8. The molecular formula is C82H128. The highest BCUT2D eigenvalue weighted by molar-refractivity contribution is 5.34. The molecule has 0 heteroatoms. The van der Waals surface area contributed by atoms with E-state index in [-0.39, 0.29) is 29.7 Å². The Balaban J connectivity index is -0.000000146. The van der Waals surface area contributed by atoms with Crippen LogP contribution < -0.4 is 0 Å². The van der Waals surface area contributed by atoms with Crippen LogP contribution in [0.3, 0.4) is 0 Å². The summed E-state index contributed by atoms with van der Waals surface area (Å²) in [6, 6.07) is 0. The smallest absolute Gasteiger partial charge is 0.0285 e. The lowest BCUT2D eigenvalue weighted by molar-refractivity contribution is 0.825. The van der Waals surface area contributed by atoms with Crippen molar-refractivity contribution in [2.75, 3.05) is 0 Å². The molecule has 0 aromatic heterocycles. The van der Waals surface area contributed by atoms with E-state index in [1.54, 1.807) is 0 Å². The van der Waals surface area contributed by atoms with Crippen molar-refractivity contribution in [1.82, 2.24) is 0 Å². The van der Waals surface area contributed by atoms with E-state index in [9.17, 15) is 0 Å². The Morgan fingerprint density at radius 1 is 0.256 bits per heavy atom. The Kier molecular flexibility index (Phi) is 74.7. The van der Waals surface area contributed by atoms with Crippen molar-refractivity contribution >= 4 is 0 Å². The molecule has 0 N–H and O–H groups in total. The summed E-state index contributed by atoms with van der Waals surface area (Å²) >= 11 is 0. The van der Waals surface area contributed by atoms with E-state index < -0.39 is 0 Å². The molecule has 0 heterocycles. The van der Waals surface area contributed by atoms with Crippen molar-refractivity contribution < 1.29 is 0 Å². The fourth-order valence-electron chi connectivity index (χ4n) is 6.50. The van der Waals surface area contributed by atoms with Gasteiger partial charge >= 0.3 is 0 Å². The molecular weight excluding hydrogens is 985 g/mol. The summed E-state index contributed by atoms with van der Waals surface area (Å²) in [6.45, 7) is 46.5. The fourth-order valence-corrected chi connectivity index (χ4v) is 6.50. The lowest BCUT2D eigenvalue weighted by atomic mass is 10.1. The van der Waals surface area contributed by atoms with Crippen molar-refractivity contribution in [2.45, 2.75) is 201 Å². The van der Waals surface area contributed by atoms with Gasteiger partial charge in [-0.05, 0) is 143 Å². The topological polar surface area (TPSA) is 0 Å². The first-order valence-electron chi connectivity index (χ1n) is 28.4. The molecule has 0 radical (unpaired) electrons. The molecule has 0 rings (SSSR count). The molecule has 0 aromatic rings. The van der Waals surface area contributed by atoms with Crippen LogP contribution in [0.1, 0.15) is 201 Å². The van der Waals surface area contributed by atoms with Gasteiger partial charge in [0.2, 0.25) is 0 Å². The zero-order valence-electron chi connectivity index (χ0n) is 53.7. The van der Waals surface area contributed by atoms with Crippen LogP contribution in [0, 0.1) is 5.92 Å². The quantitative estimate of drug-likeness (QED) is 0.0758. The van der Waals surface area contributed by atoms with Gasteiger partial charge in [0.05, 0.1) is 0 Å². The van der Waals surface area contributed by atoms with Gasteiger partial charge in [-0.25, -0.2) is 0 Å². The molecule has 0 amide bonds. The number of rotatable bonds is 26. The van der Waals surface area contributed by atoms with E-state index in [4.69, 9.17) is 0 Å². The van der Waals surface area contributed by atoms with Gasteiger partial charge in [0.15, 0.2) is 0 Å². The monoisotopic (exact) mass is 1110 g/mol. The third-order valence-electron chi connectivity index (χ3n) is 10.2. The van der Waals surface area contributed by atoms with Gasteiger partial charge in [0, 0.05) is 0 Å². The molecule has 0 bridgehead atoms. The first-order chi connectivity index (χ1) is 37.1. The van der Waals surface area contributed by atoms with Crippen molar-refractivity contribution in [3.8, 4) is 0 Å². The van der Waals surface area contributed by atoms with Crippen LogP contribution >= 0.6 is 0 Å². The summed E-state index contributed by atoms with van der Waals surface area (Å²) in [7, 11) is 0. The molecule has 82 heavy (non-hydrogen) atoms. The van der Waals surface area contributed by atoms with Crippen molar-refractivity contribution in [1.29, 1.82) is 0 Å². The second-order valence-corrected chi connectivity index (χ2v) is 19.9. The first-order valence-corrected chi connectivity index (χ1v) is 28.4. The summed E-state index contributed by atoms with van der Waals surface area (Å²) in [5.74, 6) is 0.604. The molecule has 0 saturated carbocycles. The lowest BCUT2D eigenvalue weighted by Gasteiger charge is -1.96. The van der Waals surface area contributed by atoms with Crippen molar-refractivity contribution in [3.05, 3.63) is 309 Å². The number of allylic oxidation sites excluding steroid dienone is 52. The highest BCUT2D eigenvalue weighted by Gasteiger charge is 1.88. The molecule has 0 aliphatic heterocycles. The SMILES string of the molecule is C.C.C.C.CC(C)=C/C(C)=C/C=C/C(C)=C/C=C/C(C)=C/C(C)C.C\C=C/C(C)=C/C=C/C(C)=C/C=C/C(C)=C/CC.C\C=C/C(C)=C/C=C/C(C)=C/C=C/C(C)=C/CC.C\C=C/C(C)=C/C=C/C=C/C(C)=C/C=C/C=C/C(C)=C/CC. The molecule has 0 aliphatic rings. The van der Waals surface area contributed by atoms with Gasteiger partial charge in [-0.2, -0.15) is 0 Å². The molecule has 0 nitrogen and oxygen atoms in total. The van der Waals surface area contributed by atoms with E-state index in [1.807, 2.05) is 45.1 Å². The average molecular weight is 1110 g/mol. The Hall–Kier alpha value is -6.76. The Bertz CT molecular complexity index is 2390. The number of hydrogen-bond acceptors (Lipinski definition) is 0. The minimum Gasteiger partial charge on any atom is -0.0874 e. The van der Waals surface area contributed by atoms with Crippen molar-refractivity contribution in [2.24, 2.45) is 5.92 Å². The molecule has 0 saturated heterocycles. The van der Waals surface area contributed by atoms with Crippen LogP contribution in [0.5, 0.6) is 0 Å². The molecule has 0 unspecified atom stereocenters. The molecule has 0 spiro atoms. The Morgan fingerprint density at radius 3 is 0.732 bits per heavy atom. The molecule has 0 fully saturated rings. The van der Waals surface area contributed by atoms with Crippen LogP contribution in [-0.4, -0.2) is 0 Å². The maximum absolute atomic E-state index is 2.26. The Morgan fingerprint density at radius 2 is 0.476 bits per heavy atom. The lowest BCUT2D eigenvalue weighted by Crippen LogP contribution is -1.79. The van der Waals surface area contributed by atoms with Crippen molar-refractivity contribution in [3.63, 3.8) is 0 Å². The summed E-state index contributed by atoms with van der Waals surface area (Å²) in [4.78, 5) is 0. The zero-order valence-corrected chi connectivity index (χ0v) is 53.7. The van der Waals surface area contributed by atoms with E-state index in [0.29, 0.717) is 5.92 Å². The normalized spacial score (nSPS) is 14.6. The highest BCUT2D eigenvalue weighted by Crippen LogP contribution is 2.08. The fraction of sp³-hybridized carbons (Fsp3) is 0.366. The molecule has 0 aliphatic carbocycles. The van der Waals surface area contributed by atoms with Gasteiger partial charge in [-0.1, -0.05) is 374 Å². The Labute approximate surface area is 513 Å². The van der Waals surface area contributed by atoms with Crippen LogP contribution in [0.2, 0.25) is 0 Å². The number of hydrogen-bond donors (Lipinski definition) is 0. The molecule has 0 aromatic carbocycles. The highest BCUT2D eigenvalue weighted by atomic mass is 13.9. The van der Waals surface area contributed by atoms with Crippen LogP contribution in [0.4, 0.5) is 0 Å². The van der Waals surface area contributed by atoms with E-state index in [2.05, 4.69) is 344 Å². The largest absolute Gasteiger partial charge is 0.0874 e. The second kappa shape index (κ2) is 66.7.